The van der Waals surface area contributed by atoms with Gasteiger partial charge in [0.1, 0.15) is 0 Å². The topological polar surface area (TPSA) is 52.0 Å². The molecule has 0 unspecified atom stereocenters. The second-order valence-corrected chi connectivity index (χ2v) is 4.98. The lowest BCUT2D eigenvalue weighted by atomic mass is 10.3. The molecule has 0 spiro atoms. The fourth-order valence-corrected chi connectivity index (χ4v) is 1.64. The summed E-state index contributed by atoms with van der Waals surface area (Å²) in [6.07, 6.45) is 0. The molecule has 18 heavy (non-hydrogen) atoms. The van der Waals surface area contributed by atoms with Gasteiger partial charge in [-0.05, 0) is 36.4 Å². The van der Waals surface area contributed by atoms with Crippen LogP contribution in [0.3, 0.4) is 0 Å². The van der Waals surface area contributed by atoms with E-state index in [0.717, 1.165) is 0 Å². The van der Waals surface area contributed by atoms with Gasteiger partial charge in [-0.25, -0.2) is 0 Å². The average molecular weight is 324 g/mol. The first-order chi connectivity index (χ1) is 8.40. The van der Waals surface area contributed by atoms with E-state index in [1.807, 2.05) is 0 Å². The Bertz CT molecular complexity index is 494. The summed E-state index contributed by atoms with van der Waals surface area (Å²) in [4.78, 5) is 0. The molecule has 0 saturated carbocycles. The zero-order valence-electron chi connectivity index (χ0n) is 9.13. The number of halogens is 4. The van der Waals surface area contributed by atoms with Crippen molar-refractivity contribution < 1.29 is 0 Å². The van der Waals surface area contributed by atoms with Gasteiger partial charge in [0.2, 0.25) is 0 Å². The molecule has 0 saturated heterocycles. The first-order valence-corrected chi connectivity index (χ1v) is 6.32. The van der Waals surface area contributed by atoms with Crippen LogP contribution in [0.15, 0.2) is 36.4 Å². The number of rotatable bonds is 0. The lowest BCUT2D eigenvalue weighted by molar-refractivity contribution is 1.68. The van der Waals surface area contributed by atoms with Crippen molar-refractivity contribution in [2.24, 2.45) is 0 Å². The molecule has 2 aromatic carbocycles. The standard InChI is InChI=1S/2C6H5Cl2N/c2*7-5-2-1-4(9)3-6(5)8/h2*1-3H,9H2. The van der Waals surface area contributed by atoms with E-state index in [1.165, 1.54) is 0 Å². The molecule has 96 valence electrons. The number of nitrogen functional groups attached to an aromatic ring is 2. The van der Waals surface area contributed by atoms with Crippen LogP contribution in [-0.4, -0.2) is 0 Å². The van der Waals surface area contributed by atoms with E-state index < -0.39 is 0 Å². The molecule has 6 heteroatoms. The maximum absolute atomic E-state index is 5.60. The second kappa shape index (κ2) is 6.95. The third-order valence-corrected chi connectivity index (χ3v) is 3.37. The summed E-state index contributed by atoms with van der Waals surface area (Å²) in [6.45, 7) is 0. The highest BCUT2D eigenvalue weighted by atomic mass is 35.5. The van der Waals surface area contributed by atoms with Crippen molar-refractivity contribution in [1.29, 1.82) is 0 Å². The van der Waals surface area contributed by atoms with E-state index in [9.17, 15) is 0 Å². The largest absolute Gasteiger partial charge is 0.399 e. The van der Waals surface area contributed by atoms with Crippen molar-refractivity contribution in [3.05, 3.63) is 56.5 Å². The first-order valence-electron chi connectivity index (χ1n) is 4.81. The molecule has 0 radical (unpaired) electrons. The van der Waals surface area contributed by atoms with Crippen LogP contribution in [-0.2, 0) is 0 Å². The van der Waals surface area contributed by atoms with Gasteiger partial charge in [-0.3, -0.25) is 0 Å². The van der Waals surface area contributed by atoms with Crippen LogP contribution in [0, 0.1) is 0 Å². The van der Waals surface area contributed by atoms with Crippen molar-refractivity contribution in [1.82, 2.24) is 0 Å². The smallest absolute Gasteiger partial charge is 0.0612 e. The van der Waals surface area contributed by atoms with E-state index in [1.54, 1.807) is 36.4 Å². The Morgan fingerprint density at radius 2 is 0.889 bits per heavy atom. The number of nitrogens with two attached hydrogens (primary N) is 2. The monoisotopic (exact) mass is 322 g/mol. The Hall–Kier alpha value is -0.800. The van der Waals surface area contributed by atoms with Crippen LogP contribution >= 0.6 is 46.4 Å². The van der Waals surface area contributed by atoms with Gasteiger partial charge < -0.3 is 11.5 Å². The van der Waals surface area contributed by atoms with Crippen LogP contribution in [0.2, 0.25) is 20.1 Å². The maximum atomic E-state index is 5.60. The van der Waals surface area contributed by atoms with Gasteiger partial charge in [-0.1, -0.05) is 46.4 Å². The van der Waals surface area contributed by atoms with Crippen molar-refractivity contribution in [2.45, 2.75) is 0 Å². The maximum Gasteiger partial charge on any atom is 0.0612 e. The molecular weight excluding hydrogens is 314 g/mol. The molecule has 0 fully saturated rings. The number of anilines is 2. The Labute approximate surface area is 125 Å². The third kappa shape index (κ3) is 4.83. The second-order valence-electron chi connectivity index (χ2n) is 3.35. The highest BCUT2D eigenvalue weighted by Crippen LogP contribution is 2.23. The molecule has 2 rings (SSSR count). The minimum absolute atomic E-state index is 0.497. The number of benzene rings is 2. The predicted molar refractivity (Wildman–Crippen MR) is 81.7 cm³/mol. The Balaban J connectivity index is 0.000000180. The Kier molecular flexibility index (Phi) is 5.89. The average Bonchev–Trinajstić information content (AvgIpc) is 2.30. The highest BCUT2D eigenvalue weighted by molar-refractivity contribution is 6.42. The fraction of sp³-hybridized carbons (Fsp3) is 0. The Morgan fingerprint density at radius 3 is 1.11 bits per heavy atom. The normalized spacial score (nSPS) is 9.56. The minimum atomic E-state index is 0.497. The molecule has 0 heterocycles. The van der Waals surface area contributed by atoms with Gasteiger partial charge in [-0.2, -0.15) is 0 Å². The van der Waals surface area contributed by atoms with Crippen LogP contribution < -0.4 is 11.5 Å². The van der Waals surface area contributed by atoms with Gasteiger partial charge in [0, 0.05) is 11.4 Å². The van der Waals surface area contributed by atoms with E-state index >= 15 is 0 Å². The fourth-order valence-electron chi connectivity index (χ4n) is 1.02. The van der Waals surface area contributed by atoms with Crippen LogP contribution in [0.1, 0.15) is 0 Å². The van der Waals surface area contributed by atoms with E-state index in [-0.39, 0.29) is 0 Å². The number of hydrogen-bond donors (Lipinski definition) is 2. The van der Waals surface area contributed by atoms with Crippen LogP contribution in [0.4, 0.5) is 11.4 Å². The van der Waals surface area contributed by atoms with Crippen molar-refractivity contribution in [3.8, 4) is 0 Å². The Morgan fingerprint density at radius 1 is 0.556 bits per heavy atom. The summed E-state index contributed by atoms with van der Waals surface area (Å²) >= 11 is 22.4. The highest BCUT2D eigenvalue weighted by Gasteiger charge is 1.94. The van der Waals surface area contributed by atoms with E-state index in [4.69, 9.17) is 57.9 Å². The van der Waals surface area contributed by atoms with Crippen LogP contribution in [0.5, 0.6) is 0 Å². The van der Waals surface area contributed by atoms with Crippen molar-refractivity contribution >= 4 is 57.8 Å². The van der Waals surface area contributed by atoms with E-state index in [2.05, 4.69) is 0 Å². The zero-order valence-corrected chi connectivity index (χ0v) is 12.2. The molecule has 0 amide bonds. The third-order valence-electron chi connectivity index (χ3n) is 1.89. The molecule has 2 aromatic rings. The first kappa shape index (κ1) is 15.3. The lowest BCUT2D eigenvalue weighted by Gasteiger charge is -1.94. The molecule has 0 aliphatic carbocycles. The SMILES string of the molecule is Nc1ccc(Cl)c(Cl)c1.Nc1ccc(Cl)c(Cl)c1. The van der Waals surface area contributed by atoms with Crippen LogP contribution in [0.25, 0.3) is 0 Å². The van der Waals surface area contributed by atoms with E-state index in [0.29, 0.717) is 31.5 Å². The molecular formula is C12H10Cl4N2. The van der Waals surface area contributed by atoms with Crippen molar-refractivity contribution in [3.63, 3.8) is 0 Å². The minimum Gasteiger partial charge on any atom is -0.399 e. The predicted octanol–water partition coefficient (Wildman–Crippen LogP) is 5.15. The van der Waals surface area contributed by atoms with Gasteiger partial charge in [0.15, 0.2) is 0 Å². The van der Waals surface area contributed by atoms with Gasteiger partial charge >= 0.3 is 0 Å². The summed E-state index contributed by atoms with van der Waals surface area (Å²) in [6, 6.07) is 9.97. The summed E-state index contributed by atoms with van der Waals surface area (Å²) < 4.78 is 0. The van der Waals surface area contributed by atoms with Gasteiger partial charge in [0.05, 0.1) is 20.1 Å². The summed E-state index contributed by atoms with van der Waals surface area (Å²) in [5.74, 6) is 0. The summed E-state index contributed by atoms with van der Waals surface area (Å²) in [5, 5.41) is 2.06. The lowest BCUT2D eigenvalue weighted by Crippen LogP contribution is -1.82. The van der Waals surface area contributed by atoms with Gasteiger partial charge in [0.25, 0.3) is 0 Å². The van der Waals surface area contributed by atoms with Crippen molar-refractivity contribution in [2.75, 3.05) is 11.5 Å². The molecule has 0 atom stereocenters. The zero-order chi connectivity index (χ0) is 13.7. The summed E-state index contributed by atoms with van der Waals surface area (Å²) in [5.41, 5.74) is 12.0. The molecule has 0 aromatic heterocycles. The number of hydrogen-bond acceptors (Lipinski definition) is 2. The summed E-state index contributed by atoms with van der Waals surface area (Å²) in [7, 11) is 0. The molecule has 2 nitrogen and oxygen atoms in total. The van der Waals surface area contributed by atoms with Gasteiger partial charge in [-0.15, -0.1) is 0 Å². The molecule has 0 aliphatic heterocycles. The molecule has 4 N–H and O–H groups in total. The quantitative estimate of drug-likeness (QED) is 0.658. The molecule has 0 aliphatic rings. The molecule has 0 bridgehead atoms.